The smallest absolute Gasteiger partial charge is 0.317 e. The second-order valence-electron chi connectivity index (χ2n) is 5.03. The van der Waals surface area contributed by atoms with Gasteiger partial charge >= 0.3 is 6.03 Å². The van der Waals surface area contributed by atoms with Gasteiger partial charge in [-0.05, 0) is 36.1 Å². The molecule has 23 heavy (non-hydrogen) atoms. The number of benzene rings is 1. The summed E-state index contributed by atoms with van der Waals surface area (Å²) in [6, 6.07) is 11.1. The Morgan fingerprint density at radius 1 is 1.17 bits per heavy atom. The summed E-state index contributed by atoms with van der Waals surface area (Å²) in [5.74, 6) is -0.117. The summed E-state index contributed by atoms with van der Waals surface area (Å²) in [5.41, 5.74) is 1.56. The van der Waals surface area contributed by atoms with Crippen LogP contribution >= 0.6 is 11.3 Å². The zero-order valence-corrected chi connectivity index (χ0v) is 14.2. The number of rotatable bonds is 6. The molecule has 0 aliphatic rings. The van der Waals surface area contributed by atoms with Crippen molar-refractivity contribution in [2.24, 2.45) is 0 Å². The first-order valence-electron chi connectivity index (χ1n) is 7.50. The molecule has 0 radical (unpaired) electrons. The molecule has 0 fully saturated rings. The van der Waals surface area contributed by atoms with Gasteiger partial charge < -0.3 is 15.5 Å². The first kappa shape index (κ1) is 17.0. The van der Waals surface area contributed by atoms with Crippen molar-refractivity contribution in [3.63, 3.8) is 0 Å². The van der Waals surface area contributed by atoms with Crippen LogP contribution < -0.4 is 10.6 Å². The molecule has 0 bridgehead atoms. The lowest BCUT2D eigenvalue weighted by Crippen LogP contribution is -2.38. The van der Waals surface area contributed by atoms with Crippen molar-refractivity contribution in [3.05, 3.63) is 57.8 Å². The molecule has 6 heteroatoms. The van der Waals surface area contributed by atoms with Gasteiger partial charge in [0.25, 0.3) is 5.91 Å². The zero-order valence-electron chi connectivity index (χ0n) is 13.3. The van der Waals surface area contributed by atoms with Crippen molar-refractivity contribution < 1.29 is 9.59 Å². The Bertz CT molecular complexity index is 638. The first-order chi connectivity index (χ1) is 11.1. The van der Waals surface area contributed by atoms with Crippen LogP contribution in [0.2, 0.25) is 0 Å². The van der Waals surface area contributed by atoms with E-state index in [4.69, 9.17) is 0 Å². The number of nitrogens with one attached hydrogen (secondary N) is 2. The van der Waals surface area contributed by atoms with E-state index in [-0.39, 0.29) is 11.9 Å². The molecule has 0 aliphatic carbocycles. The molecule has 2 N–H and O–H groups in total. The van der Waals surface area contributed by atoms with Crippen LogP contribution in [-0.2, 0) is 13.1 Å². The van der Waals surface area contributed by atoms with Crippen LogP contribution in [0.4, 0.5) is 4.79 Å². The second kappa shape index (κ2) is 8.33. The fraction of sp³-hybridized carbons (Fsp3) is 0.294. The Kier molecular flexibility index (Phi) is 6.17. The monoisotopic (exact) mass is 331 g/mol. The van der Waals surface area contributed by atoms with E-state index in [1.165, 1.54) is 0 Å². The molecule has 122 valence electrons. The number of thiophene rings is 1. The highest BCUT2D eigenvalue weighted by Gasteiger charge is 2.12. The van der Waals surface area contributed by atoms with Gasteiger partial charge in [0.2, 0.25) is 0 Å². The standard InChI is InChI=1S/C17H21N3O2S/c1-3-20(12-15-5-4-10-23-15)17(22)19-11-13-6-8-14(9-7-13)16(21)18-2/h4-10H,3,11-12H2,1-2H3,(H,18,21)(H,19,22). The number of nitrogens with zero attached hydrogens (tertiary/aromatic N) is 1. The summed E-state index contributed by atoms with van der Waals surface area (Å²) in [6.07, 6.45) is 0. The number of carbonyl (C=O) groups excluding carboxylic acids is 2. The summed E-state index contributed by atoms with van der Waals surface area (Å²) >= 11 is 1.65. The van der Waals surface area contributed by atoms with Gasteiger partial charge in [0.1, 0.15) is 0 Å². The van der Waals surface area contributed by atoms with E-state index in [2.05, 4.69) is 10.6 Å². The molecule has 2 aromatic rings. The predicted octanol–water partition coefficient (Wildman–Crippen LogP) is 2.84. The van der Waals surface area contributed by atoms with Crippen LogP contribution in [0.5, 0.6) is 0 Å². The quantitative estimate of drug-likeness (QED) is 0.855. The third-order valence-electron chi connectivity index (χ3n) is 3.48. The Morgan fingerprint density at radius 3 is 2.48 bits per heavy atom. The van der Waals surface area contributed by atoms with Gasteiger partial charge in [-0.25, -0.2) is 4.79 Å². The van der Waals surface area contributed by atoms with Crippen molar-refractivity contribution >= 4 is 23.3 Å². The summed E-state index contributed by atoms with van der Waals surface area (Å²) in [7, 11) is 1.60. The Morgan fingerprint density at radius 2 is 1.91 bits per heavy atom. The van der Waals surface area contributed by atoms with Crippen LogP contribution in [0.15, 0.2) is 41.8 Å². The first-order valence-corrected chi connectivity index (χ1v) is 8.38. The lowest BCUT2D eigenvalue weighted by atomic mass is 10.1. The van der Waals surface area contributed by atoms with Crippen LogP contribution in [0.25, 0.3) is 0 Å². The number of amides is 3. The molecule has 0 atom stereocenters. The third-order valence-corrected chi connectivity index (χ3v) is 4.34. The van der Waals surface area contributed by atoms with Gasteiger partial charge in [-0.1, -0.05) is 18.2 Å². The molecule has 1 aromatic carbocycles. The highest BCUT2D eigenvalue weighted by Crippen LogP contribution is 2.12. The molecule has 5 nitrogen and oxygen atoms in total. The van der Waals surface area contributed by atoms with Crippen molar-refractivity contribution in [2.45, 2.75) is 20.0 Å². The maximum absolute atomic E-state index is 12.3. The molecule has 0 spiro atoms. The van der Waals surface area contributed by atoms with E-state index in [9.17, 15) is 9.59 Å². The number of urea groups is 1. The lowest BCUT2D eigenvalue weighted by molar-refractivity contribution is 0.0963. The normalized spacial score (nSPS) is 10.2. The largest absolute Gasteiger partial charge is 0.355 e. The van der Waals surface area contributed by atoms with E-state index in [0.717, 1.165) is 10.4 Å². The van der Waals surface area contributed by atoms with Crippen LogP contribution in [0, 0.1) is 0 Å². The van der Waals surface area contributed by atoms with Gasteiger partial charge in [-0.2, -0.15) is 0 Å². The lowest BCUT2D eigenvalue weighted by Gasteiger charge is -2.20. The van der Waals surface area contributed by atoms with Gasteiger partial charge in [-0.15, -0.1) is 11.3 Å². The Labute approximate surface area is 140 Å². The zero-order chi connectivity index (χ0) is 16.7. The van der Waals surface area contributed by atoms with Crippen LogP contribution in [0.1, 0.15) is 27.7 Å². The van der Waals surface area contributed by atoms with Gasteiger partial charge in [0.05, 0.1) is 6.54 Å². The van der Waals surface area contributed by atoms with E-state index in [1.807, 2.05) is 36.6 Å². The van der Waals surface area contributed by atoms with Crippen molar-refractivity contribution in [2.75, 3.05) is 13.6 Å². The maximum atomic E-state index is 12.3. The van der Waals surface area contributed by atoms with Gasteiger partial charge in [0, 0.05) is 30.6 Å². The molecule has 1 heterocycles. The summed E-state index contributed by atoms with van der Waals surface area (Å²) < 4.78 is 0. The highest BCUT2D eigenvalue weighted by atomic mass is 32.1. The van der Waals surface area contributed by atoms with Gasteiger partial charge in [-0.3, -0.25) is 4.79 Å². The second-order valence-corrected chi connectivity index (χ2v) is 6.06. The molecule has 0 aliphatic heterocycles. The van der Waals surface area contributed by atoms with Crippen molar-refractivity contribution in [1.29, 1.82) is 0 Å². The van der Waals surface area contributed by atoms with Crippen molar-refractivity contribution in [1.82, 2.24) is 15.5 Å². The summed E-state index contributed by atoms with van der Waals surface area (Å²) in [4.78, 5) is 26.7. The number of hydrogen-bond donors (Lipinski definition) is 2. The van der Waals surface area contributed by atoms with Gasteiger partial charge in [0.15, 0.2) is 0 Å². The van der Waals surface area contributed by atoms with Crippen molar-refractivity contribution in [3.8, 4) is 0 Å². The Hall–Kier alpha value is -2.34. The predicted molar refractivity (Wildman–Crippen MR) is 92.5 cm³/mol. The average Bonchev–Trinajstić information content (AvgIpc) is 3.10. The SMILES string of the molecule is CCN(Cc1cccs1)C(=O)NCc1ccc(C(=O)NC)cc1. The van der Waals surface area contributed by atoms with E-state index in [0.29, 0.717) is 25.2 Å². The molecule has 0 unspecified atom stereocenters. The molecule has 2 rings (SSSR count). The molecule has 3 amide bonds. The molecule has 0 saturated heterocycles. The maximum Gasteiger partial charge on any atom is 0.317 e. The number of hydrogen-bond acceptors (Lipinski definition) is 3. The van der Waals surface area contributed by atoms with E-state index >= 15 is 0 Å². The molecule has 1 aromatic heterocycles. The number of carbonyl (C=O) groups is 2. The van der Waals surface area contributed by atoms with Crippen LogP contribution in [0.3, 0.4) is 0 Å². The Balaban J connectivity index is 1.88. The van der Waals surface area contributed by atoms with Crippen LogP contribution in [-0.4, -0.2) is 30.4 Å². The minimum Gasteiger partial charge on any atom is -0.355 e. The molecule has 0 saturated carbocycles. The minimum absolute atomic E-state index is 0.0868. The molecular formula is C17H21N3O2S. The minimum atomic E-state index is -0.117. The fourth-order valence-electron chi connectivity index (χ4n) is 2.13. The fourth-order valence-corrected chi connectivity index (χ4v) is 2.85. The summed E-state index contributed by atoms with van der Waals surface area (Å²) in [6.45, 7) is 3.67. The molecular weight excluding hydrogens is 310 g/mol. The third kappa shape index (κ3) is 4.82. The summed E-state index contributed by atoms with van der Waals surface area (Å²) in [5, 5.41) is 7.51. The average molecular weight is 331 g/mol. The van der Waals surface area contributed by atoms with E-state index < -0.39 is 0 Å². The van der Waals surface area contributed by atoms with E-state index in [1.54, 1.807) is 35.4 Å². The highest BCUT2D eigenvalue weighted by molar-refractivity contribution is 7.09. The topological polar surface area (TPSA) is 61.4 Å².